The summed E-state index contributed by atoms with van der Waals surface area (Å²) in [4.78, 5) is 16.0. The highest BCUT2D eigenvalue weighted by molar-refractivity contribution is 5.92. The molecule has 1 aromatic rings. The third kappa shape index (κ3) is 5.31. The van der Waals surface area contributed by atoms with Crippen LogP contribution in [0.1, 0.15) is 27.2 Å². The third-order valence-corrected chi connectivity index (χ3v) is 3.36. The minimum atomic E-state index is -0.376. The van der Waals surface area contributed by atoms with Crippen molar-refractivity contribution in [1.82, 2.24) is 4.90 Å². The van der Waals surface area contributed by atoms with E-state index < -0.39 is 0 Å². The zero-order valence-electron chi connectivity index (χ0n) is 12.9. The second-order valence-corrected chi connectivity index (χ2v) is 5.48. The van der Waals surface area contributed by atoms with Gasteiger partial charge in [-0.1, -0.05) is 18.2 Å². The van der Waals surface area contributed by atoms with Crippen molar-refractivity contribution in [2.45, 2.75) is 39.3 Å². The molecule has 0 saturated carbocycles. The molecule has 0 spiro atoms. The summed E-state index contributed by atoms with van der Waals surface area (Å²) in [5, 5.41) is 9.49. The lowest BCUT2D eigenvalue weighted by Gasteiger charge is -2.28. The van der Waals surface area contributed by atoms with Gasteiger partial charge in [0, 0.05) is 38.3 Å². The Balaban J connectivity index is 2.53. The van der Waals surface area contributed by atoms with Crippen LogP contribution in [0.2, 0.25) is 0 Å². The fraction of sp³-hybridized carbons (Fsp3) is 0.562. The summed E-state index contributed by atoms with van der Waals surface area (Å²) < 4.78 is 0. The van der Waals surface area contributed by atoms with E-state index in [1.54, 1.807) is 18.9 Å². The van der Waals surface area contributed by atoms with Gasteiger partial charge in [0.2, 0.25) is 5.91 Å². The number of aliphatic hydroxyl groups excluding tert-OH is 1. The first-order valence-corrected chi connectivity index (χ1v) is 7.15. The average molecular weight is 278 g/mol. The molecule has 112 valence electrons. The standard InChI is InChI=1S/C16H26N2O2/c1-13(2)18(12-14(3)19)11-10-16(20)17(4)15-8-6-5-7-9-15/h5-9,13-14,19H,10-12H2,1-4H3. The molecule has 0 heterocycles. The molecule has 1 amide bonds. The Bertz CT molecular complexity index is 404. The van der Waals surface area contributed by atoms with E-state index in [9.17, 15) is 9.90 Å². The van der Waals surface area contributed by atoms with Gasteiger partial charge < -0.3 is 10.0 Å². The van der Waals surface area contributed by atoms with Gasteiger partial charge in [0.1, 0.15) is 0 Å². The van der Waals surface area contributed by atoms with Gasteiger partial charge in [0.05, 0.1) is 6.10 Å². The Labute approximate surface area is 122 Å². The number of rotatable bonds is 7. The average Bonchev–Trinajstić information content (AvgIpc) is 2.42. The molecule has 0 aliphatic heterocycles. The third-order valence-electron chi connectivity index (χ3n) is 3.36. The summed E-state index contributed by atoms with van der Waals surface area (Å²) in [5.74, 6) is 0.0902. The number of anilines is 1. The van der Waals surface area contributed by atoms with E-state index in [1.807, 2.05) is 30.3 Å². The monoisotopic (exact) mass is 278 g/mol. The summed E-state index contributed by atoms with van der Waals surface area (Å²) in [6, 6.07) is 9.95. The number of hydrogen-bond donors (Lipinski definition) is 1. The number of nitrogens with zero attached hydrogens (tertiary/aromatic N) is 2. The summed E-state index contributed by atoms with van der Waals surface area (Å²) >= 11 is 0. The molecular formula is C16H26N2O2. The number of carbonyl (C=O) groups excluding carboxylic acids is 1. The smallest absolute Gasteiger partial charge is 0.228 e. The predicted octanol–water partition coefficient (Wildman–Crippen LogP) is 2.13. The topological polar surface area (TPSA) is 43.8 Å². The number of benzene rings is 1. The van der Waals surface area contributed by atoms with Crippen molar-refractivity contribution in [3.05, 3.63) is 30.3 Å². The first-order chi connectivity index (χ1) is 9.41. The van der Waals surface area contributed by atoms with E-state index in [-0.39, 0.29) is 12.0 Å². The second-order valence-electron chi connectivity index (χ2n) is 5.48. The van der Waals surface area contributed by atoms with Crippen molar-refractivity contribution in [3.63, 3.8) is 0 Å². The molecular weight excluding hydrogens is 252 g/mol. The van der Waals surface area contributed by atoms with Crippen molar-refractivity contribution in [2.24, 2.45) is 0 Å². The van der Waals surface area contributed by atoms with Crippen molar-refractivity contribution in [1.29, 1.82) is 0 Å². The van der Waals surface area contributed by atoms with Crippen LogP contribution in [0, 0.1) is 0 Å². The molecule has 1 unspecified atom stereocenters. The minimum absolute atomic E-state index is 0.0902. The first kappa shape index (κ1) is 16.7. The zero-order valence-corrected chi connectivity index (χ0v) is 12.9. The van der Waals surface area contributed by atoms with Crippen LogP contribution >= 0.6 is 0 Å². The van der Waals surface area contributed by atoms with Gasteiger partial charge >= 0.3 is 0 Å². The Kier molecular flexibility index (Phi) is 6.68. The number of carbonyl (C=O) groups is 1. The van der Waals surface area contributed by atoms with Crippen molar-refractivity contribution in [3.8, 4) is 0 Å². The molecule has 20 heavy (non-hydrogen) atoms. The number of para-hydroxylation sites is 1. The molecule has 1 rings (SSSR count). The lowest BCUT2D eigenvalue weighted by atomic mass is 10.2. The van der Waals surface area contributed by atoms with Gasteiger partial charge in [-0.2, -0.15) is 0 Å². The second kappa shape index (κ2) is 8.02. The van der Waals surface area contributed by atoms with Crippen LogP contribution in [0.3, 0.4) is 0 Å². The van der Waals surface area contributed by atoms with Gasteiger partial charge in [-0.05, 0) is 32.9 Å². The normalized spacial score (nSPS) is 12.8. The van der Waals surface area contributed by atoms with E-state index in [1.165, 1.54) is 0 Å². The molecule has 1 atom stereocenters. The van der Waals surface area contributed by atoms with Crippen LogP contribution in [0.5, 0.6) is 0 Å². The van der Waals surface area contributed by atoms with Gasteiger partial charge in [-0.25, -0.2) is 0 Å². The molecule has 1 aromatic carbocycles. The highest BCUT2D eigenvalue weighted by Gasteiger charge is 2.16. The number of hydrogen-bond acceptors (Lipinski definition) is 3. The van der Waals surface area contributed by atoms with Crippen molar-refractivity contribution >= 4 is 11.6 Å². The molecule has 1 N–H and O–H groups in total. The minimum Gasteiger partial charge on any atom is -0.392 e. The molecule has 0 fully saturated rings. The molecule has 4 heteroatoms. The first-order valence-electron chi connectivity index (χ1n) is 7.15. The van der Waals surface area contributed by atoms with E-state index in [0.29, 0.717) is 25.6 Å². The van der Waals surface area contributed by atoms with Crippen LogP contribution in [-0.2, 0) is 4.79 Å². The van der Waals surface area contributed by atoms with Crippen LogP contribution in [0.25, 0.3) is 0 Å². The fourth-order valence-corrected chi connectivity index (χ4v) is 2.10. The Morgan fingerprint density at radius 1 is 1.20 bits per heavy atom. The van der Waals surface area contributed by atoms with Gasteiger partial charge in [-0.3, -0.25) is 9.69 Å². The van der Waals surface area contributed by atoms with Gasteiger partial charge in [-0.15, -0.1) is 0 Å². The zero-order chi connectivity index (χ0) is 15.1. The van der Waals surface area contributed by atoms with Crippen molar-refractivity contribution < 1.29 is 9.90 Å². The molecule has 0 aliphatic carbocycles. The predicted molar refractivity (Wildman–Crippen MR) is 82.9 cm³/mol. The van der Waals surface area contributed by atoms with Crippen LogP contribution < -0.4 is 4.90 Å². The maximum Gasteiger partial charge on any atom is 0.228 e. The maximum atomic E-state index is 12.2. The molecule has 0 saturated heterocycles. The maximum absolute atomic E-state index is 12.2. The molecule has 4 nitrogen and oxygen atoms in total. The largest absolute Gasteiger partial charge is 0.392 e. The summed E-state index contributed by atoms with van der Waals surface area (Å²) in [6.45, 7) is 7.19. The van der Waals surface area contributed by atoms with E-state index in [4.69, 9.17) is 0 Å². The SMILES string of the molecule is CC(O)CN(CCC(=O)N(C)c1ccccc1)C(C)C. The van der Waals surface area contributed by atoms with E-state index in [2.05, 4.69) is 18.7 Å². The quantitative estimate of drug-likeness (QED) is 0.831. The summed E-state index contributed by atoms with van der Waals surface area (Å²) in [5.41, 5.74) is 0.907. The fourth-order valence-electron chi connectivity index (χ4n) is 2.10. The molecule has 0 radical (unpaired) electrons. The summed E-state index contributed by atoms with van der Waals surface area (Å²) in [7, 11) is 1.80. The highest BCUT2D eigenvalue weighted by atomic mass is 16.3. The van der Waals surface area contributed by atoms with E-state index >= 15 is 0 Å². The van der Waals surface area contributed by atoms with E-state index in [0.717, 1.165) is 5.69 Å². The van der Waals surface area contributed by atoms with Gasteiger partial charge in [0.15, 0.2) is 0 Å². The van der Waals surface area contributed by atoms with Gasteiger partial charge in [0.25, 0.3) is 0 Å². The lowest BCUT2D eigenvalue weighted by molar-refractivity contribution is -0.118. The molecule has 0 aliphatic rings. The highest BCUT2D eigenvalue weighted by Crippen LogP contribution is 2.12. The number of aliphatic hydroxyl groups is 1. The molecule has 0 bridgehead atoms. The summed E-state index contributed by atoms with van der Waals surface area (Å²) in [6.07, 6.45) is 0.0791. The van der Waals surface area contributed by atoms with Crippen LogP contribution in [0.4, 0.5) is 5.69 Å². The van der Waals surface area contributed by atoms with Crippen LogP contribution in [0.15, 0.2) is 30.3 Å². The Morgan fingerprint density at radius 3 is 2.30 bits per heavy atom. The Hall–Kier alpha value is -1.39. The van der Waals surface area contributed by atoms with Crippen molar-refractivity contribution in [2.75, 3.05) is 25.0 Å². The molecule has 0 aromatic heterocycles. The number of amides is 1. The lowest BCUT2D eigenvalue weighted by Crippen LogP contribution is -2.39. The van der Waals surface area contributed by atoms with Crippen LogP contribution in [-0.4, -0.2) is 48.2 Å². The Morgan fingerprint density at radius 2 is 1.80 bits per heavy atom.